The summed E-state index contributed by atoms with van der Waals surface area (Å²) in [5.41, 5.74) is 4.27. The lowest BCUT2D eigenvalue weighted by Gasteiger charge is -2.36. The summed E-state index contributed by atoms with van der Waals surface area (Å²) in [4.78, 5) is 32.5. The number of benzene rings is 2. The third-order valence-corrected chi connectivity index (χ3v) is 6.67. The van der Waals surface area contributed by atoms with Crippen LogP contribution >= 0.6 is 0 Å². The predicted octanol–water partition coefficient (Wildman–Crippen LogP) is 2.94. The lowest BCUT2D eigenvalue weighted by Crippen LogP contribution is -2.46. The summed E-state index contributed by atoms with van der Waals surface area (Å²) in [5, 5.41) is 3.02. The first-order valence-corrected chi connectivity index (χ1v) is 12.4. The van der Waals surface area contributed by atoms with E-state index in [-0.39, 0.29) is 18.4 Å². The van der Waals surface area contributed by atoms with Crippen LogP contribution in [-0.4, -0.2) is 87.2 Å². The molecule has 188 valence electrons. The average Bonchev–Trinajstić information content (AvgIpc) is 2.88. The standard InChI is InChI=1S/C27H36N4O4/c1-4-29-9-11-30(12-10-29)24-7-6-22(27(33)31-13-15-34-16-14-31)18-23(24)28-26(32)19-35-25-8-5-20(2)17-21(25)3/h5-8,17-18H,4,9-16,19H2,1-3H3,(H,28,32). The van der Waals surface area contributed by atoms with Crippen LogP contribution in [0.3, 0.4) is 0 Å². The number of nitrogens with zero attached hydrogens (tertiary/aromatic N) is 3. The van der Waals surface area contributed by atoms with E-state index in [1.807, 2.05) is 44.2 Å². The molecule has 2 aliphatic rings. The second-order valence-electron chi connectivity index (χ2n) is 9.16. The van der Waals surface area contributed by atoms with Gasteiger partial charge in [0, 0.05) is 44.8 Å². The molecule has 2 aromatic carbocycles. The number of morpholine rings is 1. The van der Waals surface area contributed by atoms with Gasteiger partial charge >= 0.3 is 0 Å². The lowest BCUT2D eigenvalue weighted by molar-refractivity contribution is -0.118. The van der Waals surface area contributed by atoms with Gasteiger partial charge in [-0.25, -0.2) is 0 Å². The highest BCUT2D eigenvalue weighted by Gasteiger charge is 2.23. The van der Waals surface area contributed by atoms with E-state index in [1.165, 1.54) is 0 Å². The molecule has 0 radical (unpaired) electrons. The second kappa shape index (κ2) is 11.6. The highest BCUT2D eigenvalue weighted by atomic mass is 16.5. The van der Waals surface area contributed by atoms with E-state index in [0.29, 0.717) is 43.3 Å². The average molecular weight is 481 g/mol. The lowest BCUT2D eigenvalue weighted by atomic mass is 10.1. The number of ether oxygens (including phenoxy) is 2. The first kappa shape index (κ1) is 25.0. The fourth-order valence-electron chi connectivity index (χ4n) is 4.59. The number of rotatable bonds is 7. The Hall–Kier alpha value is -3.10. The molecule has 2 saturated heterocycles. The number of hydrogen-bond acceptors (Lipinski definition) is 6. The first-order valence-electron chi connectivity index (χ1n) is 12.4. The highest BCUT2D eigenvalue weighted by Crippen LogP contribution is 2.29. The molecule has 2 heterocycles. The maximum Gasteiger partial charge on any atom is 0.262 e. The van der Waals surface area contributed by atoms with Crippen LogP contribution in [0.4, 0.5) is 11.4 Å². The van der Waals surface area contributed by atoms with Crippen LogP contribution in [0, 0.1) is 13.8 Å². The number of piperazine rings is 1. The van der Waals surface area contributed by atoms with Gasteiger partial charge in [-0.05, 0) is 50.2 Å². The zero-order chi connectivity index (χ0) is 24.8. The van der Waals surface area contributed by atoms with Gasteiger partial charge in [0.2, 0.25) is 0 Å². The number of aryl methyl sites for hydroxylation is 2. The summed E-state index contributed by atoms with van der Waals surface area (Å²) < 4.78 is 11.2. The van der Waals surface area contributed by atoms with Gasteiger partial charge in [-0.15, -0.1) is 0 Å². The fourth-order valence-corrected chi connectivity index (χ4v) is 4.59. The van der Waals surface area contributed by atoms with Crippen molar-refractivity contribution in [2.24, 2.45) is 0 Å². The fraction of sp³-hybridized carbons (Fsp3) is 0.481. The number of carbonyl (C=O) groups is 2. The molecular formula is C27H36N4O4. The Kier molecular flexibility index (Phi) is 8.25. The topological polar surface area (TPSA) is 74.4 Å². The molecule has 2 aromatic rings. The zero-order valence-electron chi connectivity index (χ0n) is 21.0. The van der Waals surface area contributed by atoms with Crippen molar-refractivity contribution < 1.29 is 19.1 Å². The molecule has 0 unspecified atom stereocenters. The van der Waals surface area contributed by atoms with E-state index >= 15 is 0 Å². The molecule has 4 rings (SSSR count). The Bertz CT molecular complexity index is 1040. The van der Waals surface area contributed by atoms with Crippen molar-refractivity contribution in [1.82, 2.24) is 9.80 Å². The van der Waals surface area contributed by atoms with Crippen molar-refractivity contribution in [3.63, 3.8) is 0 Å². The van der Waals surface area contributed by atoms with Crippen LogP contribution in [0.15, 0.2) is 36.4 Å². The second-order valence-corrected chi connectivity index (χ2v) is 9.16. The van der Waals surface area contributed by atoms with Gasteiger partial charge < -0.3 is 29.5 Å². The summed E-state index contributed by atoms with van der Waals surface area (Å²) in [7, 11) is 0. The van der Waals surface area contributed by atoms with Crippen LogP contribution in [0.2, 0.25) is 0 Å². The number of anilines is 2. The summed E-state index contributed by atoms with van der Waals surface area (Å²) in [5.74, 6) is 0.393. The van der Waals surface area contributed by atoms with Crippen molar-refractivity contribution >= 4 is 23.2 Å². The van der Waals surface area contributed by atoms with Gasteiger partial charge in [0.05, 0.1) is 24.6 Å². The monoisotopic (exact) mass is 480 g/mol. The van der Waals surface area contributed by atoms with E-state index in [0.717, 1.165) is 49.5 Å². The van der Waals surface area contributed by atoms with Crippen molar-refractivity contribution in [3.05, 3.63) is 53.1 Å². The quantitative estimate of drug-likeness (QED) is 0.657. The first-order chi connectivity index (χ1) is 16.9. The van der Waals surface area contributed by atoms with E-state index in [2.05, 4.69) is 22.0 Å². The van der Waals surface area contributed by atoms with Crippen LogP contribution < -0.4 is 15.0 Å². The third-order valence-electron chi connectivity index (χ3n) is 6.67. The van der Waals surface area contributed by atoms with Gasteiger partial charge in [-0.1, -0.05) is 24.6 Å². The normalized spacial score (nSPS) is 16.8. The molecule has 1 N–H and O–H groups in total. The molecule has 2 amide bonds. The van der Waals surface area contributed by atoms with E-state index in [1.54, 1.807) is 11.0 Å². The van der Waals surface area contributed by atoms with Crippen molar-refractivity contribution in [3.8, 4) is 5.75 Å². The molecule has 0 aliphatic carbocycles. The summed E-state index contributed by atoms with van der Waals surface area (Å²) in [6.45, 7) is 13.0. The number of amides is 2. The molecule has 0 spiro atoms. The number of carbonyl (C=O) groups excluding carboxylic acids is 2. The maximum atomic E-state index is 13.1. The predicted molar refractivity (Wildman–Crippen MR) is 138 cm³/mol. The summed E-state index contributed by atoms with van der Waals surface area (Å²) in [6, 6.07) is 11.5. The molecule has 0 saturated carbocycles. The molecule has 2 aliphatic heterocycles. The molecule has 35 heavy (non-hydrogen) atoms. The smallest absolute Gasteiger partial charge is 0.262 e. The summed E-state index contributed by atoms with van der Waals surface area (Å²) in [6.07, 6.45) is 0. The number of hydrogen-bond donors (Lipinski definition) is 1. The molecule has 0 atom stereocenters. The van der Waals surface area contributed by atoms with E-state index < -0.39 is 0 Å². The van der Waals surface area contributed by atoms with Gasteiger partial charge in [0.1, 0.15) is 5.75 Å². The van der Waals surface area contributed by atoms with Crippen LogP contribution in [-0.2, 0) is 9.53 Å². The molecule has 0 aromatic heterocycles. The van der Waals surface area contributed by atoms with E-state index in [4.69, 9.17) is 9.47 Å². The van der Waals surface area contributed by atoms with Crippen LogP contribution in [0.5, 0.6) is 5.75 Å². The van der Waals surface area contributed by atoms with Gasteiger partial charge in [0.25, 0.3) is 11.8 Å². The van der Waals surface area contributed by atoms with Crippen molar-refractivity contribution in [2.75, 3.05) is 75.9 Å². The Morgan fingerprint density at radius 3 is 2.40 bits per heavy atom. The van der Waals surface area contributed by atoms with Crippen molar-refractivity contribution in [1.29, 1.82) is 0 Å². The molecule has 8 heteroatoms. The van der Waals surface area contributed by atoms with Gasteiger partial charge in [0.15, 0.2) is 6.61 Å². The number of nitrogens with one attached hydrogen (secondary N) is 1. The molecule has 0 bridgehead atoms. The minimum absolute atomic E-state index is 0.0438. The zero-order valence-corrected chi connectivity index (χ0v) is 21.0. The largest absolute Gasteiger partial charge is 0.483 e. The Morgan fingerprint density at radius 1 is 0.971 bits per heavy atom. The third kappa shape index (κ3) is 6.32. The maximum absolute atomic E-state index is 13.1. The Labute approximate surface area is 207 Å². The Morgan fingerprint density at radius 2 is 1.71 bits per heavy atom. The SMILES string of the molecule is CCN1CCN(c2ccc(C(=O)N3CCOCC3)cc2NC(=O)COc2ccc(C)cc2C)CC1. The van der Waals surface area contributed by atoms with Crippen LogP contribution in [0.25, 0.3) is 0 Å². The van der Waals surface area contributed by atoms with Crippen LogP contribution in [0.1, 0.15) is 28.4 Å². The number of likely N-dealkylation sites (N-methyl/N-ethyl adjacent to an activating group) is 1. The van der Waals surface area contributed by atoms with Crippen molar-refractivity contribution in [2.45, 2.75) is 20.8 Å². The minimum atomic E-state index is -0.255. The highest BCUT2D eigenvalue weighted by molar-refractivity contribution is 6.00. The minimum Gasteiger partial charge on any atom is -0.483 e. The van der Waals surface area contributed by atoms with Gasteiger partial charge in [-0.2, -0.15) is 0 Å². The van der Waals surface area contributed by atoms with Gasteiger partial charge in [-0.3, -0.25) is 9.59 Å². The Balaban J connectivity index is 1.51. The molecule has 2 fully saturated rings. The molecular weight excluding hydrogens is 444 g/mol. The van der Waals surface area contributed by atoms with E-state index in [9.17, 15) is 9.59 Å². The molecule has 8 nitrogen and oxygen atoms in total. The summed E-state index contributed by atoms with van der Waals surface area (Å²) >= 11 is 0.